The summed E-state index contributed by atoms with van der Waals surface area (Å²) in [6.45, 7) is 2.89. The average molecular weight is 244 g/mol. The Morgan fingerprint density at radius 3 is 3.17 bits per heavy atom. The maximum atomic E-state index is 11.0. The van der Waals surface area contributed by atoms with Crippen LogP contribution in [-0.4, -0.2) is 28.4 Å². The van der Waals surface area contributed by atoms with Crippen LogP contribution in [0.4, 0.5) is 0 Å². The molecule has 0 aliphatic carbocycles. The second-order valence-electron chi connectivity index (χ2n) is 4.85. The normalized spacial score (nSPS) is 24.3. The van der Waals surface area contributed by atoms with Crippen LogP contribution < -0.4 is 0 Å². The highest BCUT2D eigenvalue weighted by Gasteiger charge is 2.24. The molecular formula is C14H16N2O2. The lowest BCUT2D eigenvalue weighted by molar-refractivity contribution is 0.0182. The van der Waals surface area contributed by atoms with Crippen LogP contribution in [0.1, 0.15) is 41.9 Å². The Kier molecular flexibility index (Phi) is 2.88. The molecule has 0 amide bonds. The summed E-state index contributed by atoms with van der Waals surface area (Å²) in [5.74, 6) is 0.423. The Balaban J connectivity index is 2.06. The Bertz CT molecular complexity index is 576. The van der Waals surface area contributed by atoms with Crippen molar-refractivity contribution < 1.29 is 9.53 Å². The van der Waals surface area contributed by atoms with Crippen LogP contribution in [-0.2, 0) is 4.74 Å². The van der Waals surface area contributed by atoms with Crippen LogP contribution in [0.5, 0.6) is 0 Å². The van der Waals surface area contributed by atoms with Gasteiger partial charge in [0, 0.05) is 24.9 Å². The molecule has 1 aliphatic rings. The summed E-state index contributed by atoms with van der Waals surface area (Å²) in [5.41, 5.74) is 2.80. The predicted molar refractivity (Wildman–Crippen MR) is 68.0 cm³/mol. The minimum atomic E-state index is 0.284. The second-order valence-corrected chi connectivity index (χ2v) is 4.85. The molecule has 4 heteroatoms. The lowest BCUT2D eigenvalue weighted by Gasteiger charge is -2.27. The van der Waals surface area contributed by atoms with E-state index in [1.807, 2.05) is 22.7 Å². The highest BCUT2D eigenvalue weighted by Crippen LogP contribution is 2.31. The van der Waals surface area contributed by atoms with Gasteiger partial charge < -0.3 is 9.14 Å². The molecule has 2 aromatic rings. The summed E-state index contributed by atoms with van der Waals surface area (Å²) in [7, 11) is 0. The summed E-state index contributed by atoms with van der Waals surface area (Å²) < 4.78 is 7.49. The van der Waals surface area contributed by atoms with Crippen molar-refractivity contribution >= 4 is 11.8 Å². The van der Waals surface area contributed by atoms with Crippen LogP contribution >= 0.6 is 0 Å². The zero-order valence-electron chi connectivity index (χ0n) is 10.4. The molecule has 3 rings (SSSR count). The van der Waals surface area contributed by atoms with Crippen molar-refractivity contribution in [1.82, 2.24) is 9.38 Å². The molecule has 0 bridgehead atoms. The number of nitrogens with zero attached hydrogens (tertiary/aromatic N) is 2. The van der Waals surface area contributed by atoms with E-state index in [1.165, 1.54) is 0 Å². The number of aromatic nitrogens is 2. The third kappa shape index (κ3) is 1.82. The van der Waals surface area contributed by atoms with E-state index in [1.54, 1.807) is 6.20 Å². The summed E-state index contributed by atoms with van der Waals surface area (Å²) in [4.78, 5) is 15.5. The van der Waals surface area contributed by atoms with Crippen molar-refractivity contribution in [2.24, 2.45) is 0 Å². The van der Waals surface area contributed by atoms with Crippen LogP contribution in [0.3, 0.4) is 0 Å². The van der Waals surface area contributed by atoms with E-state index in [0.717, 1.165) is 36.9 Å². The van der Waals surface area contributed by atoms with Gasteiger partial charge in [0.05, 0.1) is 23.0 Å². The summed E-state index contributed by atoms with van der Waals surface area (Å²) in [6, 6.07) is 3.82. The van der Waals surface area contributed by atoms with Gasteiger partial charge in [-0.3, -0.25) is 9.78 Å². The number of hydrogen-bond donors (Lipinski definition) is 0. The van der Waals surface area contributed by atoms with Crippen LogP contribution in [0.2, 0.25) is 0 Å². The van der Waals surface area contributed by atoms with Crippen LogP contribution in [0.15, 0.2) is 24.5 Å². The molecule has 1 aliphatic heterocycles. The Morgan fingerprint density at radius 1 is 1.50 bits per heavy atom. The zero-order chi connectivity index (χ0) is 12.5. The summed E-state index contributed by atoms with van der Waals surface area (Å²) in [6.07, 6.45) is 6.77. The standard InChI is InChI=1S/C14H16N2O2/c1-10-8-11(4-7-18-10)14-13-3-2-12(9-17)16(13)6-5-15-14/h2-3,5-6,9-11H,4,7-8H2,1H3. The molecule has 0 radical (unpaired) electrons. The van der Waals surface area contributed by atoms with Crippen LogP contribution in [0, 0.1) is 0 Å². The Labute approximate surface area is 106 Å². The summed E-state index contributed by atoms with van der Waals surface area (Å²) >= 11 is 0. The number of aldehydes is 1. The molecule has 94 valence electrons. The first-order chi connectivity index (χ1) is 8.79. The fraction of sp³-hybridized carbons (Fsp3) is 0.429. The van der Waals surface area contributed by atoms with Crippen molar-refractivity contribution in [3.05, 3.63) is 35.9 Å². The molecule has 2 unspecified atom stereocenters. The lowest BCUT2D eigenvalue weighted by atomic mass is 9.92. The molecule has 2 atom stereocenters. The monoisotopic (exact) mass is 244 g/mol. The van der Waals surface area contributed by atoms with Crippen molar-refractivity contribution in [3.8, 4) is 0 Å². The molecule has 0 saturated carbocycles. The maximum Gasteiger partial charge on any atom is 0.166 e. The minimum Gasteiger partial charge on any atom is -0.378 e. The predicted octanol–water partition coefficient (Wildman–Crippen LogP) is 2.43. The quantitative estimate of drug-likeness (QED) is 0.762. The molecule has 4 nitrogen and oxygen atoms in total. The van der Waals surface area contributed by atoms with Crippen molar-refractivity contribution in [1.29, 1.82) is 0 Å². The van der Waals surface area contributed by atoms with E-state index in [4.69, 9.17) is 4.74 Å². The molecule has 18 heavy (non-hydrogen) atoms. The van der Waals surface area contributed by atoms with Gasteiger partial charge in [-0.15, -0.1) is 0 Å². The summed E-state index contributed by atoms with van der Waals surface area (Å²) in [5, 5.41) is 0. The molecule has 0 aromatic carbocycles. The number of ether oxygens (including phenoxy) is 1. The van der Waals surface area contributed by atoms with Gasteiger partial charge in [0.2, 0.25) is 0 Å². The smallest absolute Gasteiger partial charge is 0.166 e. The SMILES string of the molecule is CC1CC(c2nccn3c(C=O)ccc23)CCO1. The second kappa shape index (κ2) is 4.53. The van der Waals surface area contributed by atoms with Crippen molar-refractivity contribution in [2.45, 2.75) is 31.8 Å². The first-order valence-corrected chi connectivity index (χ1v) is 6.32. The molecule has 1 fully saturated rings. The average Bonchev–Trinajstić information content (AvgIpc) is 2.81. The first kappa shape index (κ1) is 11.4. The van der Waals surface area contributed by atoms with Gasteiger partial charge in [0.25, 0.3) is 0 Å². The molecule has 0 N–H and O–H groups in total. The van der Waals surface area contributed by atoms with E-state index in [0.29, 0.717) is 11.6 Å². The third-order valence-corrected chi connectivity index (χ3v) is 3.63. The number of carbonyl (C=O) groups excluding carboxylic acids is 1. The van der Waals surface area contributed by atoms with Gasteiger partial charge in [0.15, 0.2) is 6.29 Å². The van der Waals surface area contributed by atoms with E-state index in [9.17, 15) is 4.79 Å². The number of hydrogen-bond acceptors (Lipinski definition) is 3. The number of rotatable bonds is 2. The van der Waals surface area contributed by atoms with E-state index < -0.39 is 0 Å². The molecule has 1 saturated heterocycles. The third-order valence-electron chi connectivity index (χ3n) is 3.63. The van der Waals surface area contributed by atoms with Gasteiger partial charge in [-0.2, -0.15) is 0 Å². The molecular weight excluding hydrogens is 228 g/mol. The van der Waals surface area contributed by atoms with Gasteiger partial charge in [-0.1, -0.05) is 0 Å². The highest BCUT2D eigenvalue weighted by atomic mass is 16.5. The molecule has 3 heterocycles. The van der Waals surface area contributed by atoms with E-state index in [-0.39, 0.29) is 6.10 Å². The Morgan fingerprint density at radius 2 is 2.39 bits per heavy atom. The lowest BCUT2D eigenvalue weighted by Crippen LogP contribution is -2.22. The van der Waals surface area contributed by atoms with Crippen molar-refractivity contribution in [3.63, 3.8) is 0 Å². The first-order valence-electron chi connectivity index (χ1n) is 6.32. The van der Waals surface area contributed by atoms with Gasteiger partial charge >= 0.3 is 0 Å². The van der Waals surface area contributed by atoms with Gasteiger partial charge in [-0.05, 0) is 31.9 Å². The van der Waals surface area contributed by atoms with E-state index >= 15 is 0 Å². The fourth-order valence-electron chi connectivity index (χ4n) is 2.74. The van der Waals surface area contributed by atoms with Gasteiger partial charge in [0.1, 0.15) is 0 Å². The maximum absolute atomic E-state index is 11.0. The highest BCUT2D eigenvalue weighted by molar-refractivity contribution is 5.76. The Hall–Kier alpha value is -1.68. The fourth-order valence-corrected chi connectivity index (χ4v) is 2.74. The topological polar surface area (TPSA) is 43.6 Å². The van der Waals surface area contributed by atoms with Crippen molar-refractivity contribution in [2.75, 3.05) is 6.61 Å². The number of carbonyl (C=O) groups is 1. The molecule has 0 spiro atoms. The van der Waals surface area contributed by atoms with E-state index in [2.05, 4.69) is 11.9 Å². The van der Waals surface area contributed by atoms with Crippen LogP contribution in [0.25, 0.3) is 5.52 Å². The number of fused-ring (bicyclic) bond motifs is 1. The largest absolute Gasteiger partial charge is 0.378 e. The minimum absolute atomic E-state index is 0.284. The zero-order valence-corrected chi connectivity index (χ0v) is 10.4. The van der Waals surface area contributed by atoms with Gasteiger partial charge in [-0.25, -0.2) is 0 Å². The molecule has 2 aromatic heterocycles.